The number of benzene rings is 4. The largest absolute Gasteiger partial charge is 0.0654 e. The van der Waals surface area contributed by atoms with Crippen molar-refractivity contribution in [3.05, 3.63) is 107 Å². The molecule has 1 aliphatic rings. The Labute approximate surface area is 199 Å². The number of hydrogen-bond acceptors (Lipinski definition) is 0. The van der Waals surface area contributed by atoms with E-state index in [4.69, 9.17) is 0 Å². The summed E-state index contributed by atoms with van der Waals surface area (Å²) >= 11 is 0. The van der Waals surface area contributed by atoms with Crippen molar-refractivity contribution in [3.8, 4) is 33.4 Å². The first-order valence-corrected chi connectivity index (χ1v) is 12.7. The smallest absolute Gasteiger partial charge is 0.00130 e. The quantitative estimate of drug-likeness (QED) is 0.230. The van der Waals surface area contributed by atoms with Gasteiger partial charge < -0.3 is 0 Å². The molecule has 0 heterocycles. The molecule has 4 aromatic rings. The average molecular weight is 431 g/mol. The number of fused-ring (bicyclic) bond motifs is 3. The fourth-order valence-corrected chi connectivity index (χ4v) is 5.30. The van der Waals surface area contributed by atoms with Crippen molar-refractivity contribution in [3.63, 3.8) is 0 Å². The fraction of sp³-hybridized carbons (Fsp3) is 0.273. The van der Waals surface area contributed by atoms with E-state index in [1.807, 2.05) is 0 Å². The molecule has 0 aromatic heterocycles. The maximum atomic E-state index is 2.52. The van der Waals surface area contributed by atoms with Gasteiger partial charge in [-0.2, -0.15) is 0 Å². The van der Waals surface area contributed by atoms with E-state index in [2.05, 4.69) is 98.8 Å². The van der Waals surface area contributed by atoms with Gasteiger partial charge in [-0.15, -0.1) is 0 Å². The van der Waals surface area contributed by atoms with Crippen LogP contribution in [0.5, 0.6) is 0 Å². The molecule has 4 aromatic carbocycles. The minimum absolute atomic E-state index is 1.03. The predicted molar refractivity (Wildman–Crippen MR) is 143 cm³/mol. The van der Waals surface area contributed by atoms with Crippen LogP contribution >= 0.6 is 0 Å². The van der Waals surface area contributed by atoms with Gasteiger partial charge in [-0.25, -0.2) is 0 Å². The molecule has 0 heteroatoms. The van der Waals surface area contributed by atoms with Crippen molar-refractivity contribution in [2.24, 2.45) is 0 Å². The maximum absolute atomic E-state index is 2.52. The lowest BCUT2D eigenvalue weighted by Gasteiger charge is -2.15. The molecule has 0 spiro atoms. The normalized spacial score (nSPS) is 11.9. The third-order valence-corrected chi connectivity index (χ3v) is 7.10. The van der Waals surface area contributed by atoms with Crippen LogP contribution in [0.15, 0.2) is 84.9 Å². The summed E-state index contributed by atoms with van der Waals surface area (Å²) < 4.78 is 0. The Kier molecular flexibility index (Phi) is 6.44. The van der Waals surface area contributed by atoms with Crippen molar-refractivity contribution >= 4 is 0 Å². The van der Waals surface area contributed by atoms with Crippen LogP contribution in [-0.2, 0) is 19.3 Å². The molecule has 0 radical (unpaired) electrons. The molecule has 0 saturated carbocycles. The first kappa shape index (κ1) is 21.7. The maximum Gasteiger partial charge on any atom is -0.00130 e. The molecule has 0 N–H and O–H groups in total. The summed E-state index contributed by atoms with van der Waals surface area (Å²) in [5.41, 5.74) is 14.4. The molecule has 0 aliphatic heterocycles. The van der Waals surface area contributed by atoms with Gasteiger partial charge in [-0.3, -0.25) is 0 Å². The zero-order chi connectivity index (χ0) is 22.6. The average Bonchev–Trinajstić information content (AvgIpc) is 3.22. The van der Waals surface area contributed by atoms with Gasteiger partial charge in [0.25, 0.3) is 0 Å². The first-order valence-electron chi connectivity index (χ1n) is 12.7. The molecular weight excluding hydrogens is 396 g/mol. The van der Waals surface area contributed by atoms with Crippen LogP contribution in [0.3, 0.4) is 0 Å². The van der Waals surface area contributed by atoms with Crippen LogP contribution in [0.4, 0.5) is 0 Å². The Bertz CT molecular complexity index is 1130. The zero-order valence-electron chi connectivity index (χ0n) is 20.0. The second-order valence-corrected chi connectivity index (χ2v) is 9.45. The molecule has 0 amide bonds. The monoisotopic (exact) mass is 430 g/mol. The van der Waals surface area contributed by atoms with Gasteiger partial charge in [0.1, 0.15) is 0 Å². The summed E-state index contributed by atoms with van der Waals surface area (Å²) in [5, 5.41) is 0. The van der Waals surface area contributed by atoms with E-state index in [1.165, 1.54) is 81.3 Å². The molecule has 5 rings (SSSR count). The summed E-state index contributed by atoms with van der Waals surface area (Å²) in [6.07, 6.45) is 8.25. The van der Waals surface area contributed by atoms with E-state index >= 15 is 0 Å². The Morgan fingerprint density at radius 1 is 0.515 bits per heavy atom. The van der Waals surface area contributed by atoms with Crippen LogP contribution in [0.1, 0.15) is 61.8 Å². The lowest BCUT2D eigenvalue weighted by Crippen LogP contribution is -1.94. The highest BCUT2D eigenvalue weighted by Gasteiger charge is 2.23. The highest BCUT2D eigenvalue weighted by atomic mass is 14.3. The van der Waals surface area contributed by atoms with E-state index in [1.54, 1.807) is 0 Å². The van der Waals surface area contributed by atoms with E-state index in [0.717, 1.165) is 19.3 Å². The van der Waals surface area contributed by atoms with Crippen molar-refractivity contribution < 1.29 is 0 Å². The van der Waals surface area contributed by atoms with Gasteiger partial charge in [0.2, 0.25) is 0 Å². The highest BCUT2D eigenvalue weighted by Crippen LogP contribution is 2.43. The minimum Gasteiger partial charge on any atom is -0.0654 e. The lowest BCUT2D eigenvalue weighted by atomic mass is 9.89. The fourth-order valence-electron chi connectivity index (χ4n) is 5.30. The third-order valence-electron chi connectivity index (χ3n) is 7.10. The molecule has 166 valence electrons. The number of hydrogen-bond donors (Lipinski definition) is 0. The summed E-state index contributed by atoms with van der Waals surface area (Å²) in [6.45, 7) is 4.58. The number of unbranched alkanes of at least 4 members (excludes halogenated alkanes) is 2. The third kappa shape index (κ3) is 4.40. The highest BCUT2D eigenvalue weighted by molar-refractivity contribution is 5.85. The molecule has 0 fully saturated rings. The van der Waals surface area contributed by atoms with Gasteiger partial charge in [0.05, 0.1) is 0 Å². The SMILES string of the molecule is CCCCc1cc2c(cc1-c1ccccc1)Cc1cc(-c3ccccc3)c(CCCC)cc1-2. The van der Waals surface area contributed by atoms with Crippen molar-refractivity contribution in [2.45, 2.75) is 58.8 Å². The van der Waals surface area contributed by atoms with Crippen LogP contribution < -0.4 is 0 Å². The number of rotatable bonds is 8. The Morgan fingerprint density at radius 2 is 0.939 bits per heavy atom. The molecule has 0 nitrogen and oxygen atoms in total. The molecule has 1 aliphatic carbocycles. The minimum atomic E-state index is 1.03. The molecule has 0 saturated heterocycles. The van der Waals surface area contributed by atoms with Crippen molar-refractivity contribution in [2.75, 3.05) is 0 Å². The number of aryl methyl sites for hydroxylation is 2. The predicted octanol–water partition coefficient (Wildman–Crippen LogP) is 9.28. The molecule has 33 heavy (non-hydrogen) atoms. The van der Waals surface area contributed by atoms with Gasteiger partial charge in [-0.05, 0) is 99.9 Å². The Balaban J connectivity index is 1.63. The van der Waals surface area contributed by atoms with Crippen molar-refractivity contribution in [1.82, 2.24) is 0 Å². The summed E-state index contributed by atoms with van der Waals surface area (Å²) in [6, 6.07) is 31.9. The summed E-state index contributed by atoms with van der Waals surface area (Å²) in [7, 11) is 0. The Morgan fingerprint density at radius 3 is 1.33 bits per heavy atom. The van der Waals surface area contributed by atoms with Crippen LogP contribution in [0, 0.1) is 0 Å². The van der Waals surface area contributed by atoms with Crippen molar-refractivity contribution in [1.29, 1.82) is 0 Å². The molecule has 0 unspecified atom stereocenters. The van der Waals surface area contributed by atoms with Gasteiger partial charge >= 0.3 is 0 Å². The first-order chi connectivity index (χ1) is 16.3. The lowest BCUT2D eigenvalue weighted by molar-refractivity contribution is 0.795. The van der Waals surface area contributed by atoms with Gasteiger partial charge in [0.15, 0.2) is 0 Å². The summed E-state index contributed by atoms with van der Waals surface area (Å²) in [4.78, 5) is 0. The standard InChI is InChI=1S/C33H34/c1-3-5-13-26-20-32-28(22-30(26)24-15-9-7-10-16-24)19-29-23-31(25-17-11-8-12-18-25)27(14-6-4-2)21-33(29)32/h7-12,15-18,20-23H,3-6,13-14,19H2,1-2H3. The second kappa shape index (κ2) is 9.79. The molecule has 0 atom stereocenters. The second-order valence-electron chi connectivity index (χ2n) is 9.45. The van der Waals surface area contributed by atoms with Crippen LogP contribution in [-0.4, -0.2) is 0 Å². The van der Waals surface area contributed by atoms with E-state index < -0.39 is 0 Å². The summed E-state index contributed by atoms with van der Waals surface area (Å²) in [5.74, 6) is 0. The topological polar surface area (TPSA) is 0 Å². The Hall–Kier alpha value is -3.12. The van der Waals surface area contributed by atoms with Gasteiger partial charge in [0, 0.05) is 0 Å². The molecule has 0 bridgehead atoms. The van der Waals surface area contributed by atoms with Crippen LogP contribution in [0.25, 0.3) is 33.4 Å². The van der Waals surface area contributed by atoms with E-state index in [-0.39, 0.29) is 0 Å². The zero-order valence-corrected chi connectivity index (χ0v) is 20.0. The van der Waals surface area contributed by atoms with E-state index in [0.29, 0.717) is 0 Å². The molecular formula is C33H34. The van der Waals surface area contributed by atoms with Gasteiger partial charge in [-0.1, -0.05) is 99.5 Å². The van der Waals surface area contributed by atoms with E-state index in [9.17, 15) is 0 Å². The van der Waals surface area contributed by atoms with Crippen LogP contribution in [0.2, 0.25) is 0 Å².